The van der Waals surface area contributed by atoms with Gasteiger partial charge in [0, 0.05) is 26.2 Å². The number of hydrogen-bond acceptors (Lipinski definition) is 3. The van der Waals surface area contributed by atoms with Crippen molar-refractivity contribution in [2.45, 2.75) is 32.1 Å². The van der Waals surface area contributed by atoms with E-state index in [0.29, 0.717) is 13.1 Å². The topological polar surface area (TPSA) is 64.1 Å². The average molecular weight is 197 g/mol. The molecule has 0 unspecified atom stereocenters. The molecule has 13 heavy (non-hydrogen) atoms. The predicted molar refractivity (Wildman–Crippen MR) is 61.2 cm³/mol. The van der Waals surface area contributed by atoms with E-state index in [1.165, 1.54) is 32.1 Å². The van der Waals surface area contributed by atoms with Crippen molar-refractivity contribution in [2.75, 3.05) is 26.2 Å². The second kappa shape index (κ2) is 15.4. The molecule has 76 valence electrons. The second-order valence-electron chi connectivity index (χ2n) is 3.10. The van der Waals surface area contributed by atoms with Gasteiger partial charge in [0.2, 0.25) is 0 Å². The third-order valence-electron chi connectivity index (χ3n) is 1.89. The van der Waals surface area contributed by atoms with Crippen molar-refractivity contribution >= 4 is 29.6 Å². The summed E-state index contributed by atoms with van der Waals surface area (Å²) in [6, 6.07) is 0. The van der Waals surface area contributed by atoms with E-state index in [9.17, 15) is 0 Å². The zero-order chi connectivity index (χ0) is 9.07. The summed E-state index contributed by atoms with van der Waals surface area (Å²) in [6.07, 6.45) is 7.50. The molecular formula is C9H24N3Na. The minimum absolute atomic E-state index is 0. The molecule has 0 spiro atoms. The van der Waals surface area contributed by atoms with E-state index >= 15 is 0 Å². The molecule has 0 saturated heterocycles. The van der Waals surface area contributed by atoms with Crippen LogP contribution in [0.15, 0.2) is 0 Å². The number of rotatable bonds is 4. The molecule has 0 aromatic heterocycles. The molecule has 1 saturated carbocycles. The number of hydrogen-bond donors (Lipinski definition) is 3. The Morgan fingerprint density at radius 3 is 1.31 bits per heavy atom. The van der Waals surface area contributed by atoms with Crippen LogP contribution in [0.3, 0.4) is 0 Å². The standard InChI is InChI=1S/C5H10.C4H13N3.Na.H/c1-2-4-5-3-1;5-1-3-7-4-2-6;;/h1-5H2;7H,1-6H2;;. The van der Waals surface area contributed by atoms with Gasteiger partial charge in [0.05, 0.1) is 0 Å². The van der Waals surface area contributed by atoms with Gasteiger partial charge in [-0.1, -0.05) is 32.1 Å². The molecule has 4 heteroatoms. The van der Waals surface area contributed by atoms with Gasteiger partial charge < -0.3 is 16.8 Å². The van der Waals surface area contributed by atoms with Crippen LogP contribution in [-0.2, 0) is 0 Å². The quantitative estimate of drug-likeness (QED) is 0.432. The van der Waals surface area contributed by atoms with E-state index in [1.807, 2.05) is 0 Å². The van der Waals surface area contributed by atoms with Crippen molar-refractivity contribution in [2.24, 2.45) is 11.5 Å². The molecule has 0 heterocycles. The van der Waals surface area contributed by atoms with Gasteiger partial charge in [-0.3, -0.25) is 0 Å². The fourth-order valence-electron chi connectivity index (χ4n) is 1.21. The van der Waals surface area contributed by atoms with Crippen LogP contribution in [0.5, 0.6) is 0 Å². The van der Waals surface area contributed by atoms with Crippen molar-refractivity contribution in [3.05, 3.63) is 0 Å². The van der Waals surface area contributed by atoms with Crippen molar-refractivity contribution in [3.63, 3.8) is 0 Å². The second-order valence-corrected chi connectivity index (χ2v) is 3.10. The maximum atomic E-state index is 5.17. The summed E-state index contributed by atoms with van der Waals surface area (Å²) < 4.78 is 0. The molecule has 1 fully saturated rings. The first-order chi connectivity index (χ1) is 5.91. The van der Waals surface area contributed by atoms with Gasteiger partial charge in [-0.15, -0.1) is 0 Å². The Bertz CT molecular complexity index is 65.7. The molecule has 1 aliphatic rings. The first kappa shape index (κ1) is 16.3. The molecule has 0 bridgehead atoms. The van der Waals surface area contributed by atoms with Crippen LogP contribution in [0.1, 0.15) is 32.1 Å². The van der Waals surface area contributed by atoms with E-state index in [1.54, 1.807) is 0 Å². The average Bonchev–Trinajstić information content (AvgIpc) is 2.62. The van der Waals surface area contributed by atoms with Gasteiger partial charge >= 0.3 is 29.6 Å². The maximum absolute atomic E-state index is 5.17. The van der Waals surface area contributed by atoms with Crippen LogP contribution in [-0.4, -0.2) is 55.7 Å². The van der Waals surface area contributed by atoms with Gasteiger partial charge in [0.25, 0.3) is 0 Å². The summed E-state index contributed by atoms with van der Waals surface area (Å²) in [5.74, 6) is 0. The summed E-state index contributed by atoms with van der Waals surface area (Å²) in [4.78, 5) is 0. The van der Waals surface area contributed by atoms with Crippen molar-refractivity contribution in [3.8, 4) is 0 Å². The molecule has 5 N–H and O–H groups in total. The number of nitrogens with one attached hydrogen (secondary N) is 1. The van der Waals surface area contributed by atoms with Crippen molar-refractivity contribution < 1.29 is 0 Å². The van der Waals surface area contributed by atoms with Gasteiger partial charge in [-0.05, 0) is 0 Å². The molecule has 0 aliphatic heterocycles. The summed E-state index contributed by atoms with van der Waals surface area (Å²) >= 11 is 0. The fraction of sp³-hybridized carbons (Fsp3) is 1.00. The normalized spacial score (nSPS) is 14.3. The van der Waals surface area contributed by atoms with Gasteiger partial charge in [-0.2, -0.15) is 0 Å². The molecule has 0 atom stereocenters. The fourth-order valence-corrected chi connectivity index (χ4v) is 1.21. The molecule has 0 radical (unpaired) electrons. The van der Waals surface area contributed by atoms with Gasteiger partial charge in [0.1, 0.15) is 0 Å². The SMILES string of the molecule is C1CCCC1.NCCNCCN.[NaH]. The van der Waals surface area contributed by atoms with Crippen LogP contribution >= 0.6 is 0 Å². The Morgan fingerprint density at radius 2 is 1.08 bits per heavy atom. The van der Waals surface area contributed by atoms with Crippen molar-refractivity contribution in [1.82, 2.24) is 5.32 Å². The predicted octanol–water partition coefficient (Wildman–Crippen LogP) is -0.205. The monoisotopic (exact) mass is 197 g/mol. The third kappa shape index (κ3) is 15.6. The molecule has 0 aromatic carbocycles. The Morgan fingerprint density at radius 1 is 0.769 bits per heavy atom. The zero-order valence-corrected chi connectivity index (χ0v) is 8.02. The Hall–Kier alpha value is 0.880. The first-order valence-electron chi connectivity index (χ1n) is 5.02. The summed E-state index contributed by atoms with van der Waals surface area (Å²) in [5, 5.41) is 3.03. The Balaban J connectivity index is 0. The van der Waals surface area contributed by atoms with E-state index in [0.717, 1.165) is 13.1 Å². The molecule has 1 rings (SSSR count). The Labute approximate surface area is 104 Å². The van der Waals surface area contributed by atoms with Crippen LogP contribution in [0.2, 0.25) is 0 Å². The first-order valence-corrected chi connectivity index (χ1v) is 5.02. The van der Waals surface area contributed by atoms with E-state index in [-0.39, 0.29) is 29.6 Å². The molecular weight excluding hydrogens is 173 g/mol. The van der Waals surface area contributed by atoms with Crippen LogP contribution < -0.4 is 16.8 Å². The van der Waals surface area contributed by atoms with Gasteiger partial charge in [0.15, 0.2) is 0 Å². The molecule has 0 amide bonds. The molecule has 3 nitrogen and oxygen atoms in total. The van der Waals surface area contributed by atoms with Crippen molar-refractivity contribution in [1.29, 1.82) is 0 Å². The van der Waals surface area contributed by atoms with E-state index < -0.39 is 0 Å². The van der Waals surface area contributed by atoms with Crippen LogP contribution in [0, 0.1) is 0 Å². The molecule has 0 aromatic rings. The van der Waals surface area contributed by atoms with E-state index in [2.05, 4.69) is 5.32 Å². The van der Waals surface area contributed by atoms with Gasteiger partial charge in [-0.25, -0.2) is 0 Å². The van der Waals surface area contributed by atoms with Crippen LogP contribution in [0.4, 0.5) is 0 Å². The van der Waals surface area contributed by atoms with Crippen LogP contribution in [0.25, 0.3) is 0 Å². The van der Waals surface area contributed by atoms with E-state index in [4.69, 9.17) is 11.5 Å². The third-order valence-corrected chi connectivity index (χ3v) is 1.89. The summed E-state index contributed by atoms with van der Waals surface area (Å²) in [7, 11) is 0. The summed E-state index contributed by atoms with van der Waals surface area (Å²) in [6.45, 7) is 3.13. The number of nitrogens with two attached hydrogens (primary N) is 2. The minimum atomic E-state index is 0. The zero-order valence-electron chi connectivity index (χ0n) is 8.02. The Kier molecular flexibility index (Phi) is 19.3. The molecule has 1 aliphatic carbocycles. The summed E-state index contributed by atoms with van der Waals surface area (Å²) in [5.41, 5.74) is 10.3.